The van der Waals surface area contributed by atoms with E-state index >= 15 is 0 Å². The van der Waals surface area contributed by atoms with Crippen LogP contribution in [0.2, 0.25) is 0 Å². The average Bonchev–Trinajstić information content (AvgIpc) is 2.94. The molecule has 130 valence electrons. The van der Waals surface area contributed by atoms with E-state index in [1.807, 2.05) is 38.1 Å². The zero-order valence-corrected chi connectivity index (χ0v) is 14.4. The highest BCUT2D eigenvalue weighted by molar-refractivity contribution is 5.80. The van der Waals surface area contributed by atoms with E-state index in [9.17, 15) is 9.59 Å². The molecule has 0 amide bonds. The van der Waals surface area contributed by atoms with Gasteiger partial charge in [-0.1, -0.05) is 36.8 Å². The fourth-order valence-corrected chi connectivity index (χ4v) is 2.58. The van der Waals surface area contributed by atoms with Crippen molar-refractivity contribution >= 4 is 23.3 Å². The van der Waals surface area contributed by atoms with Crippen LogP contribution in [0.1, 0.15) is 24.5 Å². The Hall–Kier alpha value is -3.16. The van der Waals surface area contributed by atoms with E-state index < -0.39 is 11.2 Å². The summed E-state index contributed by atoms with van der Waals surface area (Å²) in [4.78, 5) is 30.6. The van der Waals surface area contributed by atoms with E-state index in [2.05, 4.69) is 20.5 Å². The largest absolute Gasteiger partial charge is 0.329 e. The van der Waals surface area contributed by atoms with Crippen molar-refractivity contribution in [1.29, 1.82) is 0 Å². The summed E-state index contributed by atoms with van der Waals surface area (Å²) in [5.74, 6) is 0.423. The Labute approximate surface area is 143 Å². The molecule has 0 bridgehead atoms. The van der Waals surface area contributed by atoms with Crippen LogP contribution in [0, 0.1) is 6.92 Å². The molecule has 3 rings (SSSR count). The Balaban J connectivity index is 2.00. The van der Waals surface area contributed by atoms with Crippen molar-refractivity contribution in [3.8, 4) is 0 Å². The summed E-state index contributed by atoms with van der Waals surface area (Å²) >= 11 is 0. The van der Waals surface area contributed by atoms with Crippen molar-refractivity contribution in [2.75, 3.05) is 5.43 Å². The summed E-state index contributed by atoms with van der Waals surface area (Å²) in [5, 5.41) is 4.20. The minimum atomic E-state index is -0.492. The molecular weight excluding hydrogens is 320 g/mol. The van der Waals surface area contributed by atoms with E-state index in [-0.39, 0.29) is 0 Å². The molecule has 0 saturated heterocycles. The van der Waals surface area contributed by atoms with E-state index in [0.29, 0.717) is 23.7 Å². The molecule has 0 aliphatic rings. The fourth-order valence-electron chi connectivity index (χ4n) is 2.58. The van der Waals surface area contributed by atoms with E-state index in [0.717, 1.165) is 12.0 Å². The number of aromatic amines is 1. The molecule has 8 heteroatoms. The molecule has 0 atom stereocenters. The summed E-state index contributed by atoms with van der Waals surface area (Å²) < 4.78 is 3.05. The van der Waals surface area contributed by atoms with Gasteiger partial charge in [-0.15, -0.1) is 0 Å². The summed E-state index contributed by atoms with van der Waals surface area (Å²) in [5.41, 5.74) is 4.74. The topological polar surface area (TPSA) is 97.1 Å². The second-order valence-electron chi connectivity index (χ2n) is 5.86. The van der Waals surface area contributed by atoms with Crippen LogP contribution < -0.4 is 16.7 Å². The number of H-pyrrole nitrogens is 1. The number of hydrogen-bond donors (Lipinski definition) is 2. The van der Waals surface area contributed by atoms with Gasteiger partial charge < -0.3 is 4.57 Å². The van der Waals surface area contributed by atoms with Crippen LogP contribution in [0.4, 0.5) is 5.95 Å². The summed E-state index contributed by atoms with van der Waals surface area (Å²) in [6, 6.07) is 7.93. The van der Waals surface area contributed by atoms with Gasteiger partial charge in [0.15, 0.2) is 11.2 Å². The number of rotatable bonds is 5. The maximum absolute atomic E-state index is 12.2. The number of nitrogens with zero attached hydrogens (tertiary/aromatic N) is 4. The van der Waals surface area contributed by atoms with Crippen LogP contribution in [0.5, 0.6) is 0 Å². The maximum Gasteiger partial charge on any atom is 0.329 e. The Morgan fingerprint density at radius 1 is 1.28 bits per heavy atom. The lowest BCUT2D eigenvalue weighted by Crippen LogP contribution is -2.29. The summed E-state index contributed by atoms with van der Waals surface area (Å²) in [6.07, 6.45) is 2.49. The molecule has 0 radical (unpaired) electrons. The molecule has 0 fully saturated rings. The van der Waals surface area contributed by atoms with Gasteiger partial charge in [0.05, 0.1) is 6.21 Å². The highest BCUT2D eigenvalue weighted by Crippen LogP contribution is 2.15. The zero-order valence-electron chi connectivity index (χ0n) is 14.4. The number of hydrazone groups is 1. The van der Waals surface area contributed by atoms with Crippen LogP contribution >= 0.6 is 0 Å². The Kier molecular flexibility index (Phi) is 4.51. The van der Waals surface area contributed by atoms with Crippen LogP contribution in [0.3, 0.4) is 0 Å². The first kappa shape index (κ1) is 16.7. The predicted octanol–water partition coefficient (Wildman–Crippen LogP) is 1.59. The normalized spacial score (nSPS) is 11.5. The predicted molar refractivity (Wildman–Crippen MR) is 98.3 cm³/mol. The highest BCUT2D eigenvalue weighted by atomic mass is 16.2. The lowest BCUT2D eigenvalue weighted by atomic mass is 10.2. The van der Waals surface area contributed by atoms with Crippen LogP contribution in [-0.4, -0.2) is 25.3 Å². The minimum Gasteiger partial charge on any atom is -0.303 e. The molecule has 3 aromatic rings. The first-order valence-corrected chi connectivity index (χ1v) is 8.06. The lowest BCUT2D eigenvalue weighted by Gasteiger charge is -2.05. The standard InChI is InChI=1S/C17H20N6O2/c1-4-9-23-13-14(22(3)17(25)20-15(13)24)19-16(23)21-18-10-12-7-5-11(2)6-8-12/h5-8,10H,4,9H2,1-3H3,(H,19,21)(H,20,24,25). The van der Waals surface area contributed by atoms with Crippen molar-refractivity contribution in [3.05, 3.63) is 56.2 Å². The molecule has 8 nitrogen and oxygen atoms in total. The van der Waals surface area contributed by atoms with Gasteiger partial charge >= 0.3 is 5.69 Å². The fraction of sp³-hybridized carbons (Fsp3) is 0.294. The van der Waals surface area contributed by atoms with Gasteiger partial charge in [0, 0.05) is 13.6 Å². The third-order valence-electron chi connectivity index (χ3n) is 3.91. The van der Waals surface area contributed by atoms with Crippen molar-refractivity contribution in [2.24, 2.45) is 12.1 Å². The number of hydrogen-bond acceptors (Lipinski definition) is 5. The van der Waals surface area contributed by atoms with Crippen LogP contribution in [0.15, 0.2) is 39.0 Å². The second kappa shape index (κ2) is 6.76. The highest BCUT2D eigenvalue weighted by Gasteiger charge is 2.16. The molecular formula is C17H20N6O2. The van der Waals surface area contributed by atoms with E-state index in [1.54, 1.807) is 17.8 Å². The first-order chi connectivity index (χ1) is 12.0. The molecule has 1 aromatic carbocycles. The number of benzene rings is 1. The van der Waals surface area contributed by atoms with Crippen molar-refractivity contribution in [3.63, 3.8) is 0 Å². The number of nitrogens with one attached hydrogen (secondary N) is 2. The second-order valence-corrected chi connectivity index (χ2v) is 5.86. The zero-order chi connectivity index (χ0) is 18.0. The van der Waals surface area contributed by atoms with Gasteiger partial charge in [0.25, 0.3) is 5.56 Å². The first-order valence-electron chi connectivity index (χ1n) is 8.06. The molecule has 0 spiro atoms. The van der Waals surface area contributed by atoms with Gasteiger partial charge in [-0.05, 0) is 18.9 Å². The van der Waals surface area contributed by atoms with Gasteiger partial charge in [0.1, 0.15) is 0 Å². The Morgan fingerprint density at radius 3 is 2.68 bits per heavy atom. The number of aromatic nitrogens is 4. The smallest absolute Gasteiger partial charge is 0.303 e. The number of imidazole rings is 1. The van der Waals surface area contributed by atoms with Crippen molar-refractivity contribution < 1.29 is 0 Å². The molecule has 0 saturated carbocycles. The number of anilines is 1. The SMILES string of the molecule is CCCn1c(NN=Cc2ccc(C)cc2)nc2c1c(=O)[nH]c(=O)n2C. The molecule has 2 N–H and O–H groups in total. The monoisotopic (exact) mass is 340 g/mol. The third-order valence-corrected chi connectivity index (χ3v) is 3.91. The molecule has 0 unspecified atom stereocenters. The summed E-state index contributed by atoms with van der Waals surface area (Å²) in [6.45, 7) is 4.61. The Bertz CT molecular complexity index is 1040. The van der Waals surface area contributed by atoms with Gasteiger partial charge in [0.2, 0.25) is 5.95 Å². The Morgan fingerprint density at radius 2 is 2.00 bits per heavy atom. The summed E-state index contributed by atoms with van der Waals surface area (Å²) in [7, 11) is 1.57. The van der Waals surface area contributed by atoms with E-state index in [1.165, 1.54) is 10.1 Å². The molecule has 2 aromatic heterocycles. The minimum absolute atomic E-state index is 0.329. The third kappa shape index (κ3) is 3.23. The van der Waals surface area contributed by atoms with Crippen LogP contribution in [0.25, 0.3) is 11.2 Å². The molecule has 2 heterocycles. The van der Waals surface area contributed by atoms with Gasteiger partial charge in [-0.3, -0.25) is 14.3 Å². The average molecular weight is 340 g/mol. The quantitative estimate of drug-likeness (QED) is 0.544. The molecule has 0 aliphatic heterocycles. The lowest BCUT2D eigenvalue weighted by molar-refractivity contribution is 0.698. The van der Waals surface area contributed by atoms with Crippen molar-refractivity contribution in [1.82, 2.24) is 19.1 Å². The van der Waals surface area contributed by atoms with Crippen LogP contribution in [-0.2, 0) is 13.6 Å². The molecule has 0 aliphatic carbocycles. The number of aryl methyl sites for hydroxylation is 3. The maximum atomic E-state index is 12.2. The molecule has 25 heavy (non-hydrogen) atoms. The van der Waals surface area contributed by atoms with Gasteiger partial charge in [-0.2, -0.15) is 10.1 Å². The number of fused-ring (bicyclic) bond motifs is 1. The van der Waals surface area contributed by atoms with E-state index in [4.69, 9.17) is 0 Å². The van der Waals surface area contributed by atoms with Crippen molar-refractivity contribution in [2.45, 2.75) is 26.8 Å². The van der Waals surface area contributed by atoms with Gasteiger partial charge in [-0.25, -0.2) is 10.2 Å².